The van der Waals surface area contributed by atoms with Crippen molar-refractivity contribution < 1.29 is 13.5 Å². The van der Waals surface area contributed by atoms with Gasteiger partial charge in [-0.15, -0.1) is 0 Å². The second kappa shape index (κ2) is 6.91. The van der Waals surface area contributed by atoms with Gasteiger partial charge in [-0.3, -0.25) is 0 Å². The molecule has 2 rings (SSSR count). The molecule has 1 aromatic heterocycles. The van der Waals surface area contributed by atoms with Gasteiger partial charge in [-0.2, -0.15) is 4.31 Å². The average molecular weight is 334 g/mol. The van der Waals surface area contributed by atoms with Crippen molar-refractivity contribution in [2.75, 3.05) is 25.5 Å². The summed E-state index contributed by atoms with van der Waals surface area (Å²) in [5.74, 6) is 0.453. The number of sulfonamides is 1. The number of aliphatic hydroxyl groups is 1. The standard InChI is InChI=1S/C13H20ClN3O3S/c1-15-13-12(14)8-11(9-16-13)21(19,20)17-6-2-4-10(17)5-3-7-18/h8-10,18H,2-7H2,1H3,(H,15,16). The van der Waals surface area contributed by atoms with E-state index in [-0.39, 0.29) is 22.6 Å². The van der Waals surface area contributed by atoms with Gasteiger partial charge in [0.2, 0.25) is 10.0 Å². The molecule has 2 heterocycles. The molecule has 0 spiro atoms. The van der Waals surface area contributed by atoms with Gasteiger partial charge in [-0.1, -0.05) is 11.6 Å². The Kier molecular flexibility index (Phi) is 5.43. The predicted molar refractivity (Wildman–Crippen MR) is 82.0 cm³/mol. The Hall–Kier alpha value is -0.890. The number of aromatic nitrogens is 1. The first-order valence-corrected chi connectivity index (χ1v) is 8.78. The van der Waals surface area contributed by atoms with Crippen LogP contribution in [-0.2, 0) is 10.0 Å². The van der Waals surface area contributed by atoms with Crippen LogP contribution < -0.4 is 5.32 Å². The van der Waals surface area contributed by atoms with E-state index in [1.807, 2.05) is 0 Å². The zero-order chi connectivity index (χ0) is 15.5. The Balaban J connectivity index is 2.26. The van der Waals surface area contributed by atoms with Gasteiger partial charge in [0.1, 0.15) is 10.7 Å². The van der Waals surface area contributed by atoms with Gasteiger partial charge < -0.3 is 10.4 Å². The quantitative estimate of drug-likeness (QED) is 0.828. The van der Waals surface area contributed by atoms with Gasteiger partial charge in [0.05, 0.1) is 5.02 Å². The van der Waals surface area contributed by atoms with Crippen LogP contribution in [0.5, 0.6) is 0 Å². The summed E-state index contributed by atoms with van der Waals surface area (Å²) >= 11 is 6.02. The van der Waals surface area contributed by atoms with Crippen molar-refractivity contribution in [3.63, 3.8) is 0 Å². The molecule has 1 fully saturated rings. The lowest BCUT2D eigenvalue weighted by molar-refractivity contribution is 0.264. The molecule has 0 aliphatic carbocycles. The van der Waals surface area contributed by atoms with E-state index in [9.17, 15) is 8.42 Å². The van der Waals surface area contributed by atoms with E-state index in [1.54, 1.807) is 7.05 Å². The Bertz CT molecular complexity index is 594. The number of halogens is 1. The van der Waals surface area contributed by atoms with Crippen LogP contribution in [0, 0.1) is 0 Å². The maximum absolute atomic E-state index is 12.7. The summed E-state index contributed by atoms with van der Waals surface area (Å²) in [7, 11) is -1.91. The lowest BCUT2D eigenvalue weighted by atomic mass is 10.1. The lowest BCUT2D eigenvalue weighted by Gasteiger charge is -2.24. The zero-order valence-electron chi connectivity index (χ0n) is 11.9. The van der Waals surface area contributed by atoms with Gasteiger partial charge in [0.15, 0.2) is 0 Å². The molecule has 118 valence electrons. The molecule has 0 aromatic carbocycles. The van der Waals surface area contributed by atoms with Crippen LogP contribution in [-0.4, -0.2) is 49.1 Å². The minimum Gasteiger partial charge on any atom is -0.396 e. The summed E-state index contributed by atoms with van der Waals surface area (Å²) in [6.07, 6.45) is 4.27. The molecular formula is C13H20ClN3O3S. The van der Waals surface area contributed by atoms with E-state index in [0.29, 0.717) is 25.2 Å². The third kappa shape index (κ3) is 3.48. The van der Waals surface area contributed by atoms with Crippen LogP contribution in [0.2, 0.25) is 5.02 Å². The van der Waals surface area contributed by atoms with Gasteiger partial charge in [-0.05, 0) is 31.7 Å². The predicted octanol–water partition coefficient (Wildman–Crippen LogP) is 1.70. The highest BCUT2D eigenvalue weighted by molar-refractivity contribution is 7.89. The number of hydrogen-bond donors (Lipinski definition) is 2. The molecular weight excluding hydrogens is 314 g/mol. The van der Waals surface area contributed by atoms with Crippen LogP contribution in [0.4, 0.5) is 5.82 Å². The van der Waals surface area contributed by atoms with Crippen molar-refractivity contribution in [1.82, 2.24) is 9.29 Å². The Morgan fingerprint density at radius 3 is 2.95 bits per heavy atom. The van der Waals surface area contributed by atoms with Crippen molar-refractivity contribution >= 4 is 27.4 Å². The van der Waals surface area contributed by atoms with E-state index in [2.05, 4.69) is 10.3 Å². The van der Waals surface area contributed by atoms with Crippen molar-refractivity contribution in [3.8, 4) is 0 Å². The second-order valence-corrected chi connectivity index (χ2v) is 7.33. The normalized spacial score (nSPS) is 19.9. The fourth-order valence-corrected chi connectivity index (χ4v) is 4.64. The van der Waals surface area contributed by atoms with Crippen LogP contribution in [0.1, 0.15) is 25.7 Å². The highest BCUT2D eigenvalue weighted by Crippen LogP contribution is 2.30. The van der Waals surface area contributed by atoms with E-state index in [4.69, 9.17) is 16.7 Å². The SMILES string of the molecule is CNc1ncc(S(=O)(=O)N2CCCC2CCCO)cc1Cl. The van der Waals surface area contributed by atoms with E-state index < -0.39 is 10.0 Å². The van der Waals surface area contributed by atoms with Crippen LogP contribution >= 0.6 is 11.6 Å². The summed E-state index contributed by atoms with van der Waals surface area (Å²) in [5, 5.41) is 12.0. The molecule has 1 aliphatic heterocycles. The molecule has 1 saturated heterocycles. The average Bonchev–Trinajstić information content (AvgIpc) is 2.94. The fraction of sp³-hybridized carbons (Fsp3) is 0.615. The van der Waals surface area contributed by atoms with Gasteiger partial charge in [0, 0.05) is 32.4 Å². The molecule has 6 nitrogen and oxygen atoms in total. The number of pyridine rings is 1. The van der Waals surface area contributed by atoms with Crippen molar-refractivity contribution in [2.24, 2.45) is 0 Å². The van der Waals surface area contributed by atoms with Gasteiger partial charge in [0.25, 0.3) is 0 Å². The number of aliphatic hydroxyl groups excluding tert-OH is 1. The molecule has 1 aliphatic rings. The first-order valence-electron chi connectivity index (χ1n) is 6.96. The Morgan fingerprint density at radius 2 is 2.33 bits per heavy atom. The third-order valence-corrected chi connectivity index (χ3v) is 5.88. The minimum absolute atomic E-state index is 0.0510. The van der Waals surface area contributed by atoms with Gasteiger partial charge in [-0.25, -0.2) is 13.4 Å². The van der Waals surface area contributed by atoms with E-state index in [1.165, 1.54) is 16.6 Å². The summed E-state index contributed by atoms with van der Waals surface area (Å²) in [5.41, 5.74) is 0. The molecule has 0 saturated carbocycles. The smallest absolute Gasteiger partial charge is 0.244 e. The van der Waals surface area contributed by atoms with Crippen LogP contribution in [0.3, 0.4) is 0 Å². The largest absolute Gasteiger partial charge is 0.396 e. The lowest BCUT2D eigenvalue weighted by Crippen LogP contribution is -2.35. The topological polar surface area (TPSA) is 82.5 Å². The maximum atomic E-state index is 12.7. The van der Waals surface area contributed by atoms with Crippen molar-refractivity contribution in [1.29, 1.82) is 0 Å². The molecule has 1 atom stereocenters. The molecule has 1 aromatic rings. The molecule has 0 bridgehead atoms. The summed E-state index contributed by atoms with van der Waals surface area (Å²) in [6, 6.07) is 1.38. The highest BCUT2D eigenvalue weighted by atomic mass is 35.5. The maximum Gasteiger partial charge on any atom is 0.244 e. The van der Waals surface area contributed by atoms with Crippen molar-refractivity contribution in [3.05, 3.63) is 17.3 Å². The molecule has 8 heteroatoms. The van der Waals surface area contributed by atoms with Gasteiger partial charge >= 0.3 is 0 Å². The van der Waals surface area contributed by atoms with E-state index >= 15 is 0 Å². The second-order valence-electron chi connectivity index (χ2n) is 5.03. The Morgan fingerprint density at radius 1 is 1.57 bits per heavy atom. The molecule has 0 radical (unpaired) electrons. The third-order valence-electron chi connectivity index (χ3n) is 3.68. The molecule has 1 unspecified atom stereocenters. The fourth-order valence-electron chi connectivity index (χ4n) is 2.62. The summed E-state index contributed by atoms with van der Waals surface area (Å²) in [4.78, 5) is 4.15. The van der Waals surface area contributed by atoms with Crippen molar-refractivity contribution in [2.45, 2.75) is 36.6 Å². The van der Waals surface area contributed by atoms with Crippen LogP contribution in [0.25, 0.3) is 0 Å². The number of rotatable bonds is 6. The molecule has 0 amide bonds. The monoisotopic (exact) mass is 333 g/mol. The first-order chi connectivity index (χ1) is 10.0. The number of anilines is 1. The number of hydrogen-bond acceptors (Lipinski definition) is 5. The molecule has 21 heavy (non-hydrogen) atoms. The minimum atomic E-state index is -3.59. The Labute approximate surface area is 130 Å². The van der Waals surface area contributed by atoms with E-state index in [0.717, 1.165) is 12.8 Å². The highest BCUT2D eigenvalue weighted by Gasteiger charge is 2.35. The number of nitrogens with one attached hydrogen (secondary N) is 1. The first kappa shape index (κ1) is 16.5. The summed E-state index contributed by atoms with van der Waals surface area (Å²) in [6.45, 7) is 0.582. The van der Waals surface area contributed by atoms with Crippen LogP contribution in [0.15, 0.2) is 17.2 Å². The number of nitrogens with zero attached hydrogens (tertiary/aromatic N) is 2. The zero-order valence-corrected chi connectivity index (χ0v) is 13.5. The summed E-state index contributed by atoms with van der Waals surface area (Å²) < 4.78 is 26.9. The molecule has 2 N–H and O–H groups in total.